The van der Waals surface area contributed by atoms with Crippen LogP contribution in [0, 0.1) is 5.82 Å². The van der Waals surface area contributed by atoms with Gasteiger partial charge in [0.05, 0.1) is 0 Å². The molecule has 140 valence electrons. The van der Waals surface area contributed by atoms with Gasteiger partial charge in [0.2, 0.25) is 11.8 Å². The van der Waals surface area contributed by atoms with Crippen LogP contribution in [0.1, 0.15) is 30.3 Å². The molecule has 6 nitrogen and oxygen atoms in total. The highest BCUT2D eigenvalue weighted by molar-refractivity contribution is 8.14. The van der Waals surface area contributed by atoms with Crippen molar-refractivity contribution in [2.75, 3.05) is 0 Å². The maximum atomic E-state index is 13.0. The molecular formula is C19H18FN3O3S. The number of hydrogen-bond donors (Lipinski definition) is 1. The molecule has 0 bridgehead atoms. The first-order valence-electron chi connectivity index (χ1n) is 8.23. The molecule has 0 fully saturated rings. The fraction of sp³-hybridized carbons (Fsp3) is 0.211. The molecule has 0 aliphatic carbocycles. The van der Waals surface area contributed by atoms with Crippen LogP contribution in [0.4, 0.5) is 4.39 Å². The van der Waals surface area contributed by atoms with Crippen molar-refractivity contribution in [3.05, 3.63) is 65.5 Å². The second kappa shape index (κ2) is 8.22. The van der Waals surface area contributed by atoms with Crippen LogP contribution in [-0.4, -0.2) is 22.0 Å². The summed E-state index contributed by atoms with van der Waals surface area (Å²) in [5, 5.41) is 8.02. The van der Waals surface area contributed by atoms with Gasteiger partial charge in [-0.1, -0.05) is 42.1 Å². The molecule has 1 N–H and O–H groups in total. The van der Waals surface area contributed by atoms with Crippen molar-refractivity contribution in [1.29, 1.82) is 0 Å². The Morgan fingerprint density at radius 3 is 2.56 bits per heavy atom. The minimum Gasteiger partial charge on any atom is -0.489 e. The van der Waals surface area contributed by atoms with Crippen molar-refractivity contribution in [2.45, 2.75) is 25.8 Å². The third-order valence-corrected chi connectivity index (χ3v) is 4.83. The van der Waals surface area contributed by atoms with Gasteiger partial charge >= 0.3 is 0 Å². The highest BCUT2D eigenvalue weighted by atomic mass is 32.2. The first kappa shape index (κ1) is 18.9. The standard InChI is InChI=1S/C19H18FN3O3S/c1-12(24)21-19-22-23(13(2)25)18(27-19)16-5-3-4-6-17(16)26-11-14-7-9-15(20)10-8-14/h3-10,18H,11H2,1-2H3,(H,21,22,24)/t18-/m0/s1. The molecule has 8 heteroatoms. The first-order valence-corrected chi connectivity index (χ1v) is 9.11. The molecule has 0 radical (unpaired) electrons. The summed E-state index contributed by atoms with van der Waals surface area (Å²) in [5.41, 5.74) is 1.58. The molecule has 1 aliphatic heterocycles. The van der Waals surface area contributed by atoms with Gasteiger partial charge in [0, 0.05) is 19.4 Å². The number of hydrogen-bond acceptors (Lipinski definition) is 5. The Morgan fingerprint density at radius 2 is 1.89 bits per heavy atom. The number of para-hydroxylation sites is 1. The zero-order chi connectivity index (χ0) is 19.4. The van der Waals surface area contributed by atoms with Crippen LogP contribution < -0.4 is 10.1 Å². The fourth-order valence-electron chi connectivity index (χ4n) is 2.52. The van der Waals surface area contributed by atoms with Crippen LogP contribution >= 0.6 is 11.8 Å². The molecule has 0 unspecified atom stereocenters. The monoisotopic (exact) mass is 387 g/mol. The van der Waals surface area contributed by atoms with Gasteiger partial charge in [-0.25, -0.2) is 9.40 Å². The molecule has 0 saturated heterocycles. The molecule has 1 heterocycles. The second-order valence-electron chi connectivity index (χ2n) is 5.87. The number of hydrazone groups is 1. The highest BCUT2D eigenvalue weighted by Crippen LogP contribution is 2.42. The normalized spacial score (nSPS) is 16.0. The van der Waals surface area contributed by atoms with Gasteiger partial charge in [0.15, 0.2) is 5.17 Å². The summed E-state index contributed by atoms with van der Waals surface area (Å²) < 4.78 is 18.9. The Labute approximate surface area is 160 Å². The summed E-state index contributed by atoms with van der Waals surface area (Å²) >= 11 is 1.26. The van der Waals surface area contributed by atoms with E-state index in [-0.39, 0.29) is 24.2 Å². The largest absolute Gasteiger partial charge is 0.489 e. The van der Waals surface area contributed by atoms with Crippen LogP contribution in [0.25, 0.3) is 0 Å². The van der Waals surface area contributed by atoms with Crippen LogP contribution in [0.2, 0.25) is 0 Å². The first-order chi connectivity index (χ1) is 12.9. The molecule has 1 atom stereocenters. The second-order valence-corrected chi connectivity index (χ2v) is 6.94. The van der Waals surface area contributed by atoms with E-state index in [1.54, 1.807) is 18.2 Å². The van der Waals surface area contributed by atoms with E-state index < -0.39 is 5.37 Å². The maximum absolute atomic E-state index is 13.0. The number of thioether (sulfide) groups is 1. The van der Waals surface area contributed by atoms with Gasteiger partial charge in [-0.05, 0) is 23.8 Å². The number of nitrogens with one attached hydrogen (secondary N) is 1. The van der Waals surface area contributed by atoms with Crippen molar-refractivity contribution < 1.29 is 18.7 Å². The smallest absolute Gasteiger partial charge is 0.241 e. The van der Waals surface area contributed by atoms with E-state index in [1.807, 2.05) is 18.2 Å². The highest BCUT2D eigenvalue weighted by Gasteiger charge is 2.34. The quantitative estimate of drug-likeness (QED) is 0.873. The van der Waals surface area contributed by atoms with Gasteiger partial charge < -0.3 is 10.1 Å². The van der Waals surface area contributed by atoms with Gasteiger partial charge in [0.1, 0.15) is 23.5 Å². The van der Waals surface area contributed by atoms with Crippen molar-refractivity contribution in [1.82, 2.24) is 10.3 Å². The van der Waals surface area contributed by atoms with E-state index in [0.29, 0.717) is 10.9 Å². The summed E-state index contributed by atoms with van der Waals surface area (Å²) in [4.78, 5) is 23.3. The molecule has 2 aromatic rings. The van der Waals surface area contributed by atoms with Gasteiger partial charge in [0.25, 0.3) is 0 Å². The lowest BCUT2D eigenvalue weighted by Crippen LogP contribution is -2.25. The molecule has 0 spiro atoms. The zero-order valence-corrected chi connectivity index (χ0v) is 15.6. The van der Waals surface area contributed by atoms with Crippen LogP contribution in [0.3, 0.4) is 0 Å². The minimum absolute atomic E-state index is 0.249. The molecule has 0 aromatic heterocycles. The van der Waals surface area contributed by atoms with E-state index in [0.717, 1.165) is 11.1 Å². The molecule has 27 heavy (non-hydrogen) atoms. The van der Waals surface area contributed by atoms with Gasteiger partial charge in [-0.15, -0.1) is 5.10 Å². The molecule has 2 aromatic carbocycles. The lowest BCUT2D eigenvalue weighted by atomic mass is 10.2. The summed E-state index contributed by atoms with van der Waals surface area (Å²) in [7, 11) is 0. The van der Waals surface area contributed by atoms with Crippen molar-refractivity contribution in [3.63, 3.8) is 0 Å². The van der Waals surface area contributed by atoms with Crippen molar-refractivity contribution >= 4 is 28.7 Å². The molecular weight excluding hydrogens is 369 g/mol. The predicted octanol–water partition coefficient (Wildman–Crippen LogP) is 3.41. The number of rotatable bonds is 4. The number of halogens is 1. The summed E-state index contributed by atoms with van der Waals surface area (Å²) in [6, 6.07) is 13.4. The van der Waals surface area contributed by atoms with Gasteiger partial charge in [-0.2, -0.15) is 0 Å². The van der Waals surface area contributed by atoms with E-state index in [4.69, 9.17) is 4.74 Å². The van der Waals surface area contributed by atoms with Crippen molar-refractivity contribution in [3.8, 4) is 5.75 Å². The number of nitrogens with zero attached hydrogens (tertiary/aromatic N) is 2. The summed E-state index contributed by atoms with van der Waals surface area (Å²) in [5.74, 6) is -0.224. The number of benzene rings is 2. The Kier molecular flexibility index (Phi) is 5.75. The van der Waals surface area contributed by atoms with Crippen LogP contribution in [0.5, 0.6) is 5.75 Å². The zero-order valence-electron chi connectivity index (χ0n) is 14.8. The predicted molar refractivity (Wildman–Crippen MR) is 101 cm³/mol. The Morgan fingerprint density at radius 1 is 1.19 bits per heavy atom. The van der Waals surface area contributed by atoms with Crippen molar-refractivity contribution in [2.24, 2.45) is 5.10 Å². The third kappa shape index (κ3) is 4.65. The molecule has 0 saturated carbocycles. The number of carbonyl (C=O) groups excluding carboxylic acids is 2. The number of amidine groups is 1. The topological polar surface area (TPSA) is 71.0 Å². The Balaban J connectivity index is 1.81. The van der Waals surface area contributed by atoms with E-state index in [9.17, 15) is 14.0 Å². The Bertz CT molecular complexity index is 886. The third-order valence-electron chi connectivity index (χ3n) is 3.74. The maximum Gasteiger partial charge on any atom is 0.241 e. The fourth-order valence-corrected chi connectivity index (χ4v) is 3.69. The van der Waals surface area contributed by atoms with Crippen LogP contribution in [-0.2, 0) is 16.2 Å². The minimum atomic E-state index is -0.450. The SMILES string of the molecule is CC(=O)NC1=NN(C(C)=O)[C@H](c2ccccc2OCc2ccc(F)cc2)S1. The summed E-state index contributed by atoms with van der Waals surface area (Å²) in [6.45, 7) is 3.05. The van der Waals surface area contributed by atoms with E-state index >= 15 is 0 Å². The van der Waals surface area contributed by atoms with E-state index in [2.05, 4.69) is 10.4 Å². The lowest BCUT2D eigenvalue weighted by molar-refractivity contribution is -0.129. The van der Waals surface area contributed by atoms with E-state index in [1.165, 1.54) is 42.8 Å². The average molecular weight is 387 g/mol. The van der Waals surface area contributed by atoms with Crippen LogP contribution in [0.15, 0.2) is 53.6 Å². The molecule has 3 rings (SSSR count). The molecule has 2 amide bonds. The number of carbonyl (C=O) groups is 2. The number of ether oxygens (including phenoxy) is 1. The summed E-state index contributed by atoms with van der Waals surface area (Å²) in [6.07, 6.45) is 0. The number of amides is 2. The molecule has 1 aliphatic rings. The lowest BCUT2D eigenvalue weighted by Gasteiger charge is -2.21. The average Bonchev–Trinajstić information content (AvgIpc) is 3.05. The Hall–Kier alpha value is -2.87. The van der Waals surface area contributed by atoms with Gasteiger partial charge in [-0.3, -0.25) is 9.59 Å².